The van der Waals surface area contributed by atoms with Crippen LogP contribution in [-0.2, 0) is 9.59 Å². The molecular formula is C14H15ClN2O2. The van der Waals surface area contributed by atoms with Crippen molar-refractivity contribution in [3.63, 3.8) is 0 Å². The zero-order valence-electron chi connectivity index (χ0n) is 10.7. The van der Waals surface area contributed by atoms with E-state index in [1.54, 1.807) is 30.4 Å². The molecule has 2 amide bonds. The fraction of sp³-hybridized carbons (Fsp3) is 0.143. The standard InChI is InChI=1S/C14H15ClN2O2/c1-3-4-5-6-14(19)17-11-7-8-13(12(15)9-11)16-10(2)18/h3-9H,1-2H3,(H,16,18)(H,17,19)/b4-3+,6-5+. The second-order valence-electron chi connectivity index (χ2n) is 3.75. The SMILES string of the molecule is C/C=C/C=C/C(=O)Nc1ccc(NC(C)=O)c(Cl)c1. The van der Waals surface area contributed by atoms with Crippen LogP contribution in [0.15, 0.2) is 42.5 Å². The minimum atomic E-state index is -0.249. The van der Waals surface area contributed by atoms with Gasteiger partial charge in [-0.15, -0.1) is 0 Å². The minimum Gasteiger partial charge on any atom is -0.325 e. The molecule has 0 bridgehead atoms. The Bertz CT molecular complexity index is 536. The van der Waals surface area contributed by atoms with E-state index in [2.05, 4.69) is 10.6 Å². The van der Waals surface area contributed by atoms with Crippen molar-refractivity contribution in [1.82, 2.24) is 0 Å². The van der Waals surface area contributed by atoms with Crippen LogP contribution in [0.3, 0.4) is 0 Å². The summed E-state index contributed by atoms with van der Waals surface area (Å²) in [5.74, 6) is -0.450. The van der Waals surface area contributed by atoms with Gasteiger partial charge in [0.05, 0.1) is 10.7 Å². The lowest BCUT2D eigenvalue weighted by molar-refractivity contribution is -0.114. The molecule has 0 aliphatic carbocycles. The van der Waals surface area contributed by atoms with Gasteiger partial charge in [0.15, 0.2) is 0 Å². The van der Waals surface area contributed by atoms with Gasteiger partial charge in [0.1, 0.15) is 0 Å². The largest absolute Gasteiger partial charge is 0.325 e. The van der Waals surface area contributed by atoms with Crippen molar-refractivity contribution < 1.29 is 9.59 Å². The summed E-state index contributed by atoms with van der Waals surface area (Å²) in [5, 5.41) is 5.62. The first-order chi connectivity index (χ1) is 9.02. The fourth-order valence-electron chi connectivity index (χ4n) is 1.32. The zero-order valence-corrected chi connectivity index (χ0v) is 11.5. The molecule has 0 unspecified atom stereocenters. The normalized spacial score (nSPS) is 10.9. The van der Waals surface area contributed by atoms with E-state index in [9.17, 15) is 9.59 Å². The van der Waals surface area contributed by atoms with E-state index >= 15 is 0 Å². The van der Waals surface area contributed by atoms with E-state index in [4.69, 9.17) is 11.6 Å². The van der Waals surface area contributed by atoms with Crippen LogP contribution in [0.1, 0.15) is 13.8 Å². The average Bonchev–Trinajstić information content (AvgIpc) is 2.32. The highest BCUT2D eigenvalue weighted by Crippen LogP contribution is 2.25. The maximum absolute atomic E-state index is 11.5. The summed E-state index contributed by atoms with van der Waals surface area (Å²) < 4.78 is 0. The second kappa shape index (κ2) is 7.38. The van der Waals surface area contributed by atoms with E-state index in [-0.39, 0.29) is 11.8 Å². The maximum Gasteiger partial charge on any atom is 0.248 e. The number of hydrogen-bond donors (Lipinski definition) is 2. The summed E-state index contributed by atoms with van der Waals surface area (Å²) in [7, 11) is 0. The summed E-state index contributed by atoms with van der Waals surface area (Å²) in [6.45, 7) is 3.26. The Morgan fingerprint density at radius 3 is 2.53 bits per heavy atom. The molecular weight excluding hydrogens is 264 g/mol. The molecule has 1 rings (SSSR count). The first kappa shape index (κ1) is 15.0. The lowest BCUT2D eigenvalue weighted by Gasteiger charge is -2.07. The number of carbonyl (C=O) groups is 2. The van der Waals surface area contributed by atoms with Crippen molar-refractivity contribution >= 4 is 34.8 Å². The van der Waals surface area contributed by atoms with Crippen LogP contribution >= 0.6 is 11.6 Å². The van der Waals surface area contributed by atoms with Crippen molar-refractivity contribution in [1.29, 1.82) is 0 Å². The molecule has 2 N–H and O–H groups in total. The van der Waals surface area contributed by atoms with Crippen LogP contribution in [-0.4, -0.2) is 11.8 Å². The van der Waals surface area contributed by atoms with Crippen molar-refractivity contribution in [3.8, 4) is 0 Å². The topological polar surface area (TPSA) is 58.2 Å². The third-order valence-electron chi connectivity index (χ3n) is 2.10. The lowest BCUT2D eigenvalue weighted by atomic mass is 10.2. The highest BCUT2D eigenvalue weighted by molar-refractivity contribution is 6.34. The molecule has 0 heterocycles. The Balaban J connectivity index is 2.73. The van der Waals surface area contributed by atoms with E-state index in [1.165, 1.54) is 13.0 Å². The van der Waals surface area contributed by atoms with Gasteiger partial charge in [0.25, 0.3) is 0 Å². The number of anilines is 2. The maximum atomic E-state index is 11.5. The van der Waals surface area contributed by atoms with Crippen LogP contribution in [0.5, 0.6) is 0 Å². The molecule has 0 saturated heterocycles. The molecule has 4 nitrogen and oxygen atoms in total. The summed E-state index contributed by atoms with van der Waals surface area (Å²) in [5.41, 5.74) is 1.07. The number of halogens is 1. The van der Waals surface area contributed by atoms with Crippen LogP contribution in [0.2, 0.25) is 5.02 Å². The van der Waals surface area contributed by atoms with Crippen molar-refractivity contribution in [3.05, 3.63) is 47.5 Å². The van der Waals surface area contributed by atoms with Gasteiger partial charge in [-0.3, -0.25) is 9.59 Å². The Labute approximate surface area is 117 Å². The molecule has 0 saturated carbocycles. The molecule has 0 radical (unpaired) electrons. The van der Waals surface area contributed by atoms with E-state index < -0.39 is 0 Å². The van der Waals surface area contributed by atoms with E-state index in [0.717, 1.165) is 0 Å². The van der Waals surface area contributed by atoms with Gasteiger partial charge >= 0.3 is 0 Å². The Hall–Kier alpha value is -2.07. The van der Waals surface area contributed by atoms with Gasteiger partial charge in [0, 0.05) is 18.7 Å². The summed E-state index contributed by atoms with van der Waals surface area (Å²) in [6.07, 6.45) is 6.63. The summed E-state index contributed by atoms with van der Waals surface area (Å²) in [4.78, 5) is 22.4. The molecule has 0 aliphatic rings. The predicted molar refractivity (Wildman–Crippen MR) is 78.3 cm³/mol. The molecule has 0 aromatic heterocycles. The third kappa shape index (κ3) is 5.40. The number of nitrogens with one attached hydrogen (secondary N) is 2. The smallest absolute Gasteiger partial charge is 0.248 e. The van der Waals surface area contributed by atoms with Gasteiger partial charge in [-0.2, -0.15) is 0 Å². The predicted octanol–water partition coefficient (Wildman–Crippen LogP) is 3.37. The van der Waals surface area contributed by atoms with Gasteiger partial charge < -0.3 is 10.6 Å². The molecule has 100 valence electrons. The molecule has 0 atom stereocenters. The van der Waals surface area contributed by atoms with E-state index in [0.29, 0.717) is 16.4 Å². The van der Waals surface area contributed by atoms with Gasteiger partial charge in [-0.25, -0.2) is 0 Å². The Kier molecular flexibility index (Phi) is 5.82. The molecule has 0 spiro atoms. The van der Waals surface area contributed by atoms with Gasteiger partial charge in [-0.05, 0) is 25.1 Å². The van der Waals surface area contributed by atoms with Crippen LogP contribution < -0.4 is 10.6 Å². The number of carbonyl (C=O) groups excluding carboxylic acids is 2. The summed E-state index contributed by atoms with van der Waals surface area (Å²) in [6, 6.07) is 4.88. The fourth-order valence-corrected chi connectivity index (χ4v) is 1.55. The quantitative estimate of drug-likeness (QED) is 0.655. The molecule has 0 fully saturated rings. The minimum absolute atomic E-state index is 0.201. The Morgan fingerprint density at radius 1 is 1.21 bits per heavy atom. The monoisotopic (exact) mass is 278 g/mol. The average molecular weight is 279 g/mol. The number of rotatable bonds is 4. The Morgan fingerprint density at radius 2 is 1.95 bits per heavy atom. The van der Waals surface area contributed by atoms with Gasteiger partial charge in [-0.1, -0.05) is 29.8 Å². The summed E-state index contributed by atoms with van der Waals surface area (Å²) >= 11 is 5.99. The van der Waals surface area contributed by atoms with E-state index in [1.807, 2.05) is 13.0 Å². The van der Waals surface area contributed by atoms with Crippen LogP contribution in [0.25, 0.3) is 0 Å². The number of hydrogen-bond acceptors (Lipinski definition) is 2. The molecule has 5 heteroatoms. The van der Waals surface area contributed by atoms with Crippen LogP contribution in [0.4, 0.5) is 11.4 Å². The number of allylic oxidation sites excluding steroid dienone is 3. The zero-order chi connectivity index (χ0) is 14.3. The number of benzene rings is 1. The third-order valence-corrected chi connectivity index (χ3v) is 2.41. The second-order valence-corrected chi connectivity index (χ2v) is 4.16. The number of amides is 2. The van der Waals surface area contributed by atoms with Crippen molar-refractivity contribution in [2.45, 2.75) is 13.8 Å². The molecule has 0 aliphatic heterocycles. The lowest BCUT2D eigenvalue weighted by Crippen LogP contribution is -2.09. The van der Waals surface area contributed by atoms with Crippen molar-refractivity contribution in [2.24, 2.45) is 0 Å². The van der Waals surface area contributed by atoms with Gasteiger partial charge in [0.2, 0.25) is 11.8 Å². The molecule has 19 heavy (non-hydrogen) atoms. The highest BCUT2D eigenvalue weighted by atomic mass is 35.5. The van der Waals surface area contributed by atoms with Crippen molar-refractivity contribution in [2.75, 3.05) is 10.6 Å². The first-order valence-electron chi connectivity index (χ1n) is 5.70. The molecule has 1 aromatic rings. The molecule has 1 aromatic carbocycles. The van der Waals surface area contributed by atoms with Crippen LogP contribution in [0, 0.1) is 0 Å². The first-order valence-corrected chi connectivity index (χ1v) is 6.08. The highest BCUT2D eigenvalue weighted by Gasteiger charge is 2.04.